The smallest absolute Gasteiger partial charge is 0.321 e. The second-order valence-corrected chi connectivity index (χ2v) is 8.21. The quantitative estimate of drug-likeness (QED) is 0.883. The number of amides is 2. The largest absolute Gasteiger partial charge is 0.371 e. The molecule has 1 N–H and O–H groups in total. The van der Waals surface area contributed by atoms with Gasteiger partial charge in [0.25, 0.3) is 0 Å². The van der Waals surface area contributed by atoms with Crippen molar-refractivity contribution in [3.05, 3.63) is 36.4 Å². The van der Waals surface area contributed by atoms with Gasteiger partial charge in [0, 0.05) is 50.5 Å². The van der Waals surface area contributed by atoms with Crippen LogP contribution in [0, 0.1) is 5.92 Å². The predicted molar refractivity (Wildman–Crippen MR) is 111 cm³/mol. The van der Waals surface area contributed by atoms with E-state index in [0.717, 1.165) is 56.5 Å². The minimum Gasteiger partial charge on any atom is -0.371 e. The van der Waals surface area contributed by atoms with Gasteiger partial charge >= 0.3 is 6.03 Å². The summed E-state index contributed by atoms with van der Waals surface area (Å²) in [6.45, 7) is 5.99. The molecule has 7 nitrogen and oxygen atoms in total. The molecule has 4 rings (SSSR count). The molecule has 3 heterocycles. The standard InChI is InChI=1S/C21H30N6O/c1-16-6-10-26(11-7-16)19-5-3-4-18(14-19)23-21(28)27-12-8-17(9-13-27)20-24-22-15-25(20)2/h3-5,14-17H,6-13H2,1-2H3,(H,23,28). The normalized spacial score (nSPS) is 19.1. The lowest BCUT2D eigenvalue weighted by molar-refractivity contribution is 0.193. The SMILES string of the molecule is CC1CCN(c2cccc(NC(=O)N3CCC(c4nncn4C)CC3)c2)CC1. The van der Waals surface area contributed by atoms with Crippen molar-refractivity contribution in [3.8, 4) is 0 Å². The zero-order valence-electron chi connectivity index (χ0n) is 16.8. The van der Waals surface area contributed by atoms with E-state index in [9.17, 15) is 4.79 Å². The Kier molecular flexibility index (Phi) is 5.50. The van der Waals surface area contributed by atoms with Crippen LogP contribution in [-0.4, -0.2) is 51.9 Å². The maximum atomic E-state index is 12.7. The Bertz CT molecular complexity index is 803. The topological polar surface area (TPSA) is 66.3 Å². The van der Waals surface area contributed by atoms with E-state index in [2.05, 4.69) is 39.5 Å². The summed E-state index contributed by atoms with van der Waals surface area (Å²) in [5.74, 6) is 2.20. The molecule has 150 valence electrons. The van der Waals surface area contributed by atoms with Gasteiger partial charge in [0.05, 0.1) is 0 Å². The number of carbonyl (C=O) groups excluding carboxylic acids is 1. The van der Waals surface area contributed by atoms with Crippen molar-refractivity contribution >= 4 is 17.4 Å². The molecule has 2 saturated heterocycles. The Morgan fingerprint density at radius 2 is 1.86 bits per heavy atom. The Hall–Kier alpha value is -2.57. The van der Waals surface area contributed by atoms with Gasteiger partial charge in [-0.3, -0.25) is 0 Å². The molecule has 0 saturated carbocycles. The summed E-state index contributed by atoms with van der Waals surface area (Å²) < 4.78 is 1.98. The fourth-order valence-electron chi connectivity index (χ4n) is 4.25. The first-order valence-corrected chi connectivity index (χ1v) is 10.3. The van der Waals surface area contributed by atoms with E-state index in [1.165, 1.54) is 18.5 Å². The number of piperidine rings is 2. The van der Waals surface area contributed by atoms with Gasteiger partial charge < -0.3 is 19.7 Å². The van der Waals surface area contributed by atoms with Gasteiger partial charge in [0.15, 0.2) is 0 Å². The van der Waals surface area contributed by atoms with Gasteiger partial charge in [0.1, 0.15) is 12.2 Å². The zero-order chi connectivity index (χ0) is 19.5. The van der Waals surface area contributed by atoms with E-state index in [0.29, 0.717) is 5.92 Å². The fraction of sp³-hybridized carbons (Fsp3) is 0.571. The number of nitrogens with zero attached hydrogens (tertiary/aromatic N) is 5. The van der Waals surface area contributed by atoms with Gasteiger partial charge in [-0.15, -0.1) is 10.2 Å². The van der Waals surface area contributed by atoms with Crippen LogP contribution in [0.5, 0.6) is 0 Å². The first-order chi connectivity index (χ1) is 13.6. The molecule has 2 fully saturated rings. The molecule has 2 aromatic rings. The summed E-state index contributed by atoms with van der Waals surface area (Å²) in [5, 5.41) is 11.3. The zero-order valence-corrected chi connectivity index (χ0v) is 16.8. The number of aryl methyl sites for hydroxylation is 1. The summed E-state index contributed by atoms with van der Waals surface area (Å²) >= 11 is 0. The van der Waals surface area contributed by atoms with Gasteiger partial charge in [-0.1, -0.05) is 13.0 Å². The van der Waals surface area contributed by atoms with E-state index >= 15 is 0 Å². The molecule has 0 spiro atoms. The summed E-state index contributed by atoms with van der Waals surface area (Å²) in [6.07, 6.45) is 6.05. The summed E-state index contributed by atoms with van der Waals surface area (Å²) in [6, 6.07) is 8.22. The number of hydrogen-bond donors (Lipinski definition) is 1. The lowest BCUT2D eigenvalue weighted by atomic mass is 9.96. The van der Waals surface area contributed by atoms with Crippen LogP contribution in [0.25, 0.3) is 0 Å². The Morgan fingerprint density at radius 1 is 1.11 bits per heavy atom. The number of carbonyl (C=O) groups is 1. The number of benzene rings is 1. The summed E-state index contributed by atoms with van der Waals surface area (Å²) in [7, 11) is 1.98. The van der Waals surface area contributed by atoms with Crippen LogP contribution >= 0.6 is 0 Å². The van der Waals surface area contributed by atoms with Crippen LogP contribution < -0.4 is 10.2 Å². The van der Waals surface area contributed by atoms with Crippen LogP contribution in [-0.2, 0) is 7.05 Å². The van der Waals surface area contributed by atoms with Crippen molar-refractivity contribution in [2.24, 2.45) is 13.0 Å². The summed E-state index contributed by atoms with van der Waals surface area (Å²) in [4.78, 5) is 17.0. The molecule has 0 unspecified atom stereocenters. The van der Waals surface area contributed by atoms with E-state index in [1.54, 1.807) is 6.33 Å². The highest BCUT2D eigenvalue weighted by molar-refractivity contribution is 5.90. The van der Waals surface area contributed by atoms with Gasteiger partial charge in [0.2, 0.25) is 0 Å². The second kappa shape index (κ2) is 8.20. The van der Waals surface area contributed by atoms with E-state index in [4.69, 9.17) is 0 Å². The van der Waals surface area contributed by atoms with Crippen LogP contribution in [0.3, 0.4) is 0 Å². The molecule has 0 radical (unpaired) electrons. The molecule has 0 aliphatic carbocycles. The third kappa shape index (κ3) is 4.13. The molecule has 0 bridgehead atoms. The molecule has 1 aromatic heterocycles. The van der Waals surface area contributed by atoms with Crippen molar-refractivity contribution in [2.45, 2.75) is 38.5 Å². The minimum atomic E-state index is -0.0131. The number of urea groups is 1. The maximum Gasteiger partial charge on any atom is 0.321 e. The molecule has 28 heavy (non-hydrogen) atoms. The Morgan fingerprint density at radius 3 is 2.54 bits per heavy atom. The Balaban J connectivity index is 1.33. The van der Waals surface area contributed by atoms with Crippen molar-refractivity contribution in [1.29, 1.82) is 0 Å². The second-order valence-electron chi connectivity index (χ2n) is 8.21. The van der Waals surface area contributed by atoms with Crippen LogP contribution in [0.4, 0.5) is 16.2 Å². The monoisotopic (exact) mass is 382 g/mol. The molecule has 0 atom stereocenters. The first-order valence-electron chi connectivity index (χ1n) is 10.3. The predicted octanol–water partition coefficient (Wildman–Crippen LogP) is 3.46. The van der Waals surface area contributed by atoms with Crippen molar-refractivity contribution in [2.75, 3.05) is 36.4 Å². The molecule has 1 aromatic carbocycles. The highest BCUT2D eigenvalue weighted by Gasteiger charge is 2.26. The molecule has 2 amide bonds. The average Bonchev–Trinajstić information content (AvgIpc) is 3.15. The van der Waals surface area contributed by atoms with Crippen molar-refractivity contribution in [3.63, 3.8) is 0 Å². The number of nitrogens with one attached hydrogen (secondary N) is 1. The molecule has 2 aliphatic rings. The highest BCUT2D eigenvalue weighted by Crippen LogP contribution is 2.28. The van der Waals surface area contributed by atoms with Gasteiger partial charge in [-0.2, -0.15) is 0 Å². The van der Waals surface area contributed by atoms with Crippen molar-refractivity contribution in [1.82, 2.24) is 19.7 Å². The van der Waals surface area contributed by atoms with E-state index in [-0.39, 0.29) is 6.03 Å². The fourth-order valence-corrected chi connectivity index (χ4v) is 4.25. The summed E-state index contributed by atoms with van der Waals surface area (Å²) in [5.41, 5.74) is 2.07. The third-order valence-corrected chi connectivity index (χ3v) is 6.14. The lowest BCUT2D eigenvalue weighted by Crippen LogP contribution is -2.41. The van der Waals surface area contributed by atoms with Crippen LogP contribution in [0.15, 0.2) is 30.6 Å². The average molecular weight is 383 g/mol. The Labute approximate surface area is 166 Å². The highest BCUT2D eigenvalue weighted by atomic mass is 16.2. The lowest BCUT2D eigenvalue weighted by Gasteiger charge is -2.33. The number of hydrogen-bond acceptors (Lipinski definition) is 4. The van der Waals surface area contributed by atoms with Crippen LogP contribution in [0.2, 0.25) is 0 Å². The molecule has 7 heteroatoms. The van der Waals surface area contributed by atoms with E-state index < -0.39 is 0 Å². The van der Waals surface area contributed by atoms with Gasteiger partial charge in [-0.25, -0.2) is 4.79 Å². The molecular formula is C21H30N6O. The minimum absolute atomic E-state index is 0.0131. The molecule has 2 aliphatic heterocycles. The van der Waals surface area contributed by atoms with Crippen molar-refractivity contribution < 1.29 is 4.79 Å². The number of likely N-dealkylation sites (tertiary alicyclic amines) is 1. The van der Waals surface area contributed by atoms with E-state index in [1.807, 2.05) is 28.6 Å². The number of aromatic nitrogens is 3. The van der Waals surface area contributed by atoms with Crippen LogP contribution in [0.1, 0.15) is 44.3 Å². The maximum absolute atomic E-state index is 12.7. The number of rotatable bonds is 3. The third-order valence-electron chi connectivity index (χ3n) is 6.14. The first kappa shape index (κ1) is 18.8. The van der Waals surface area contributed by atoms with Gasteiger partial charge in [-0.05, 0) is 49.8 Å². The number of anilines is 2. The molecular weight excluding hydrogens is 352 g/mol.